The van der Waals surface area contributed by atoms with Crippen LogP contribution in [-0.2, 0) is 24.8 Å². The Balaban J connectivity index is 1.56. The van der Waals surface area contributed by atoms with Gasteiger partial charge in [0.2, 0.25) is 11.0 Å². The molecule has 0 saturated heterocycles. The van der Waals surface area contributed by atoms with Crippen LogP contribution in [0.2, 0.25) is 0 Å². The van der Waals surface area contributed by atoms with Gasteiger partial charge in [-0.1, -0.05) is 31.1 Å². The standard InChI is InChI=1S/C16H21N7O2S/c1-3-4-5-6-13-20-21-16(26-13)19-12(24)7-8-23-10-17-14-11(15(23)25)9-18-22(14)2/h9-10H,3-8H2,1-2H3,(H,19,21,24). The number of rotatable bonds is 8. The number of nitrogens with zero attached hydrogens (tertiary/aromatic N) is 6. The lowest BCUT2D eigenvalue weighted by Crippen LogP contribution is -2.23. The van der Waals surface area contributed by atoms with Gasteiger partial charge in [0.1, 0.15) is 10.4 Å². The first kappa shape index (κ1) is 18.2. The second kappa shape index (κ2) is 8.17. The first-order chi connectivity index (χ1) is 12.6. The summed E-state index contributed by atoms with van der Waals surface area (Å²) >= 11 is 1.40. The number of unbranched alkanes of at least 4 members (excludes halogenated alkanes) is 2. The van der Waals surface area contributed by atoms with Gasteiger partial charge in [0.15, 0.2) is 5.65 Å². The highest BCUT2D eigenvalue weighted by atomic mass is 32.1. The van der Waals surface area contributed by atoms with Gasteiger partial charge in [-0.15, -0.1) is 10.2 Å². The summed E-state index contributed by atoms with van der Waals surface area (Å²) in [5.74, 6) is -0.209. The second-order valence-corrected chi connectivity index (χ2v) is 7.07. The van der Waals surface area contributed by atoms with Crippen molar-refractivity contribution >= 4 is 33.4 Å². The molecule has 9 nitrogen and oxygen atoms in total. The monoisotopic (exact) mass is 375 g/mol. The first-order valence-electron chi connectivity index (χ1n) is 8.58. The van der Waals surface area contributed by atoms with Gasteiger partial charge in [0.05, 0.1) is 12.5 Å². The number of amides is 1. The number of hydrogen-bond acceptors (Lipinski definition) is 7. The van der Waals surface area contributed by atoms with E-state index >= 15 is 0 Å². The van der Waals surface area contributed by atoms with Gasteiger partial charge in [-0.05, 0) is 6.42 Å². The van der Waals surface area contributed by atoms with Gasteiger partial charge in [-0.2, -0.15) is 5.10 Å². The zero-order chi connectivity index (χ0) is 18.5. The van der Waals surface area contributed by atoms with Gasteiger partial charge in [0, 0.05) is 26.4 Å². The average Bonchev–Trinajstić information content (AvgIpc) is 3.22. The number of carbonyl (C=O) groups excluding carboxylic acids is 1. The normalized spacial score (nSPS) is 11.2. The lowest BCUT2D eigenvalue weighted by Gasteiger charge is -2.05. The molecule has 1 N–H and O–H groups in total. The van der Waals surface area contributed by atoms with Crippen LogP contribution in [0.1, 0.15) is 37.6 Å². The van der Waals surface area contributed by atoms with Crippen molar-refractivity contribution in [2.45, 2.75) is 45.6 Å². The predicted molar refractivity (Wildman–Crippen MR) is 99.2 cm³/mol. The molecule has 0 fully saturated rings. The van der Waals surface area contributed by atoms with Crippen LogP contribution in [-0.4, -0.2) is 35.4 Å². The number of anilines is 1. The Morgan fingerprint density at radius 1 is 1.31 bits per heavy atom. The summed E-state index contributed by atoms with van der Waals surface area (Å²) in [6.45, 7) is 2.39. The highest BCUT2D eigenvalue weighted by molar-refractivity contribution is 7.15. The highest BCUT2D eigenvalue weighted by Crippen LogP contribution is 2.17. The third-order valence-corrected chi connectivity index (χ3v) is 4.90. The molecule has 0 spiro atoms. The van der Waals surface area contributed by atoms with Crippen LogP contribution in [0.3, 0.4) is 0 Å². The van der Waals surface area contributed by atoms with Gasteiger partial charge in [-0.3, -0.25) is 18.8 Å². The molecule has 0 unspecified atom stereocenters. The molecule has 1 amide bonds. The molecule has 0 aliphatic rings. The van der Waals surface area contributed by atoms with E-state index in [0.29, 0.717) is 16.2 Å². The molecule has 0 aromatic carbocycles. The van der Waals surface area contributed by atoms with E-state index in [-0.39, 0.29) is 24.4 Å². The molecule has 3 rings (SSSR count). The number of aryl methyl sites for hydroxylation is 3. The lowest BCUT2D eigenvalue weighted by atomic mass is 10.2. The molecule has 0 aliphatic heterocycles. The molecule has 3 aromatic heterocycles. The molecular formula is C16H21N7O2S. The number of aromatic nitrogens is 6. The van der Waals surface area contributed by atoms with Crippen molar-refractivity contribution < 1.29 is 4.79 Å². The number of carbonyl (C=O) groups is 1. The largest absolute Gasteiger partial charge is 0.300 e. The van der Waals surface area contributed by atoms with Gasteiger partial charge < -0.3 is 5.32 Å². The van der Waals surface area contributed by atoms with E-state index < -0.39 is 0 Å². The van der Waals surface area contributed by atoms with E-state index in [9.17, 15) is 9.59 Å². The van der Waals surface area contributed by atoms with Crippen molar-refractivity contribution in [2.24, 2.45) is 7.05 Å². The fourth-order valence-corrected chi connectivity index (χ4v) is 3.36. The maximum absolute atomic E-state index is 12.4. The van der Waals surface area contributed by atoms with Crippen LogP contribution in [0.5, 0.6) is 0 Å². The maximum atomic E-state index is 12.4. The predicted octanol–water partition coefficient (Wildman–Crippen LogP) is 1.74. The average molecular weight is 375 g/mol. The molecule has 10 heteroatoms. The van der Waals surface area contributed by atoms with E-state index in [0.717, 1.165) is 30.7 Å². The fraction of sp³-hybridized carbons (Fsp3) is 0.500. The van der Waals surface area contributed by atoms with Crippen LogP contribution in [0.15, 0.2) is 17.3 Å². The Morgan fingerprint density at radius 3 is 2.96 bits per heavy atom. The Kier molecular flexibility index (Phi) is 5.71. The third kappa shape index (κ3) is 4.13. The van der Waals surface area contributed by atoms with Gasteiger partial charge in [0.25, 0.3) is 5.56 Å². The Morgan fingerprint density at radius 2 is 2.15 bits per heavy atom. The van der Waals surface area contributed by atoms with Crippen molar-refractivity contribution in [3.63, 3.8) is 0 Å². The SMILES string of the molecule is CCCCCc1nnc(NC(=O)CCn2cnc3c(cnn3C)c2=O)s1. The van der Waals surface area contributed by atoms with Crippen molar-refractivity contribution in [2.75, 3.05) is 5.32 Å². The maximum Gasteiger partial charge on any atom is 0.264 e. The highest BCUT2D eigenvalue weighted by Gasteiger charge is 2.11. The van der Waals surface area contributed by atoms with Crippen LogP contribution in [0.25, 0.3) is 11.0 Å². The molecule has 3 heterocycles. The molecule has 0 saturated carbocycles. The number of hydrogen-bond donors (Lipinski definition) is 1. The minimum absolute atomic E-state index is 0.151. The zero-order valence-corrected chi connectivity index (χ0v) is 15.6. The molecule has 0 radical (unpaired) electrons. The van der Waals surface area contributed by atoms with E-state index in [1.807, 2.05) is 0 Å². The first-order valence-corrected chi connectivity index (χ1v) is 9.39. The summed E-state index contributed by atoms with van der Waals surface area (Å²) in [5, 5.41) is 16.7. The van der Waals surface area contributed by atoms with Crippen molar-refractivity contribution in [3.8, 4) is 0 Å². The summed E-state index contributed by atoms with van der Waals surface area (Å²) in [6.07, 6.45) is 7.35. The molecule has 0 aliphatic carbocycles. The Bertz CT molecular complexity index is 959. The topological polar surface area (TPSA) is 108 Å². The van der Waals surface area contributed by atoms with Gasteiger partial charge in [-0.25, -0.2) is 4.98 Å². The molecular weight excluding hydrogens is 354 g/mol. The summed E-state index contributed by atoms with van der Waals surface area (Å²) in [4.78, 5) is 28.7. The summed E-state index contributed by atoms with van der Waals surface area (Å²) in [7, 11) is 1.73. The molecule has 0 bridgehead atoms. The van der Waals surface area contributed by atoms with E-state index in [1.54, 1.807) is 11.7 Å². The van der Waals surface area contributed by atoms with Crippen molar-refractivity contribution in [1.29, 1.82) is 0 Å². The third-order valence-electron chi connectivity index (χ3n) is 4.01. The van der Waals surface area contributed by atoms with Crippen molar-refractivity contribution in [3.05, 3.63) is 27.9 Å². The molecule has 3 aromatic rings. The quantitative estimate of drug-likeness (QED) is 0.601. The Hall–Kier alpha value is -2.62. The molecule has 0 atom stereocenters. The molecule has 138 valence electrons. The van der Waals surface area contributed by atoms with Crippen LogP contribution >= 0.6 is 11.3 Å². The van der Waals surface area contributed by atoms with E-state index in [2.05, 4.69) is 32.5 Å². The minimum atomic E-state index is -0.209. The van der Waals surface area contributed by atoms with Crippen LogP contribution in [0, 0.1) is 0 Å². The smallest absolute Gasteiger partial charge is 0.264 e. The Labute approximate surface area is 154 Å². The summed E-state index contributed by atoms with van der Waals surface area (Å²) in [5.41, 5.74) is 0.324. The van der Waals surface area contributed by atoms with Crippen LogP contribution in [0.4, 0.5) is 5.13 Å². The van der Waals surface area contributed by atoms with E-state index in [1.165, 1.54) is 28.4 Å². The van der Waals surface area contributed by atoms with Crippen LogP contribution < -0.4 is 10.9 Å². The summed E-state index contributed by atoms with van der Waals surface area (Å²) in [6, 6.07) is 0. The minimum Gasteiger partial charge on any atom is -0.300 e. The van der Waals surface area contributed by atoms with E-state index in [4.69, 9.17) is 0 Å². The summed E-state index contributed by atoms with van der Waals surface area (Å²) < 4.78 is 2.96. The second-order valence-electron chi connectivity index (χ2n) is 6.00. The molecule has 26 heavy (non-hydrogen) atoms. The van der Waals surface area contributed by atoms with Crippen molar-refractivity contribution in [1.82, 2.24) is 29.5 Å². The fourth-order valence-electron chi connectivity index (χ4n) is 2.56. The number of fused-ring (bicyclic) bond motifs is 1. The van der Waals surface area contributed by atoms with Gasteiger partial charge >= 0.3 is 0 Å². The zero-order valence-electron chi connectivity index (χ0n) is 14.8. The lowest BCUT2D eigenvalue weighted by molar-refractivity contribution is -0.116. The number of nitrogens with one attached hydrogen (secondary N) is 1.